The maximum atomic E-state index is 11.7. The Morgan fingerprint density at radius 2 is 1.89 bits per heavy atom. The van der Waals surface area contributed by atoms with Gasteiger partial charge >= 0.3 is 6.03 Å². The molecule has 0 fully saturated rings. The largest absolute Gasteiger partial charge is 0.392 e. The van der Waals surface area contributed by atoms with Gasteiger partial charge in [-0.2, -0.15) is 11.8 Å². The molecule has 0 saturated heterocycles. The summed E-state index contributed by atoms with van der Waals surface area (Å²) in [6, 6.07) is -0.0151. The fourth-order valence-corrected chi connectivity index (χ4v) is 2.46. The summed E-state index contributed by atoms with van der Waals surface area (Å²) in [5.74, 6) is 1.08. The molecule has 18 heavy (non-hydrogen) atoms. The molecule has 0 aliphatic carbocycles. The van der Waals surface area contributed by atoms with Crippen molar-refractivity contribution in [2.75, 3.05) is 18.6 Å². The van der Waals surface area contributed by atoms with Crippen molar-refractivity contribution in [3.05, 3.63) is 0 Å². The highest BCUT2D eigenvalue weighted by Crippen LogP contribution is 2.24. The molecule has 0 rings (SSSR count). The first-order valence-electron chi connectivity index (χ1n) is 6.42. The molecule has 0 aromatic rings. The summed E-state index contributed by atoms with van der Waals surface area (Å²) in [6.45, 7) is 10.3. The molecule has 0 spiro atoms. The quantitative estimate of drug-likeness (QED) is 0.667. The third kappa shape index (κ3) is 6.50. The zero-order valence-electron chi connectivity index (χ0n) is 12.4. The number of nitrogens with one attached hydrogen (secondary N) is 2. The van der Waals surface area contributed by atoms with Gasteiger partial charge < -0.3 is 15.7 Å². The number of carbonyl (C=O) groups is 1. The molecule has 3 N–H and O–H groups in total. The standard InChI is InChI=1S/C13H28N2O2S/c1-9(2)11(16)13(4,5)8-14-12(17)15-10(3)7-18-6/h9-11,16H,7-8H2,1-6H3,(H2,14,15,17). The second-order valence-electron chi connectivity index (χ2n) is 5.86. The number of hydrogen-bond donors (Lipinski definition) is 3. The van der Waals surface area contributed by atoms with Crippen molar-refractivity contribution in [3.63, 3.8) is 0 Å². The smallest absolute Gasteiger partial charge is 0.315 e. The number of rotatable bonds is 7. The lowest BCUT2D eigenvalue weighted by Crippen LogP contribution is -2.48. The highest BCUT2D eigenvalue weighted by molar-refractivity contribution is 7.98. The van der Waals surface area contributed by atoms with Crippen LogP contribution in [0.2, 0.25) is 0 Å². The van der Waals surface area contributed by atoms with Crippen LogP contribution in [-0.4, -0.2) is 41.8 Å². The number of thioether (sulfide) groups is 1. The monoisotopic (exact) mass is 276 g/mol. The Bertz CT molecular complexity index is 257. The Kier molecular flexibility index (Phi) is 7.71. The lowest BCUT2D eigenvalue weighted by molar-refractivity contribution is 0.0151. The van der Waals surface area contributed by atoms with E-state index in [0.717, 1.165) is 5.75 Å². The van der Waals surface area contributed by atoms with E-state index in [9.17, 15) is 9.90 Å². The van der Waals surface area contributed by atoms with Gasteiger partial charge in [-0.25, -0.2) is 4.79 Å². The van der Waals surface area contributed by atoms with Crippen LogP contribution in [0, 0.1) is 11.3 Å². The minimum atomic E-state index is -0.429. The number of hydrogen-bond acceptors (Lipinski definition) is 3. The molecule has 0 bridgehead atoms. The van der Waals surface area contributed by atoms with E-state index in [0.29, 0.717) is 6.54 Å². The Morgan fingerprint density at radius 1 is 1.33 bits per heavy atom. The second kappa shape index (κ2) is 7.89. The molecule has 0 radical (unpaired) electrons. The Morgan fingerprint density at radius 3 is 2.33 bits per heavy atom. The topological polar surface area (TPSA) is 61.4 Å². The normalized spacial score (nSPS) is 15.3. The van der Waals surface area contributed by atoms with Crippen LogP contribution in [0.3, 0.4) is 0 Å². The summed E-state index contributed by atoms with van der Waals surface area (Å²) in [6.07, 6.45) is 1.58. The fraction of sp³-hybridized carbons (Fsp3) is 0.923. The van der Waals surface area contributed by atoms with Crippen LogP contribution in [0.5, 0.6) is 0 Å². The van der Waals surface area contributed by atoms with Crippen LogP contribution in [0.15, 0.2) is 0 Å². The number of amides is 2. The fourth-order valence-electron chi connectivity index (χ4n) is 1.88. The minimum absolute atomic E-state index is 0.151. The number of carbonyl (C=O) groups excluding carboxylic acids is 1. The first kappa shape index (κ1) is 17.6. The highest BCUT2D eigenvalue weighted by Gasteiger charge is 2.30. The summed E-state index contributed by atoms with van der Waals surface area (Å²) >= 11 is 1.70. The van der Waals surface area contributed by atoms with Gasteiger partial charge in [-0.05, 0) is 19.1 Å². The summed E-state index contributed by atoms with van der Waals surface area (Å²) in [4.78, 5) is 11.7. The molecule has 2 atom stereocenters. The molecule has 4 nitrogen and oxygen atoms in total. The van der Waals surface area contributed by atoms with Gasteiger partial charge in [0.15, 0.2) is 0 Å². The van der Waals surface area contributed by atoms with E-state index in [2.05, 4.69) is 10.6 Å². The molecule has 0 saturated carbocycles. The lowest BCUT2D eigenvalue weighted by Gasteiger charge is -2.33. The van der Waals surface area contributed by atoms with Crippen molar-refractivity contribution >= 4 is 17.8 Å². The summed E-state index contributed by atoms with van der Waals surface area (Å²) in [7, 11) is 0. The molecule has 108 valence electrons. The van der Waals surface area contributed by atoms with Gasteiger partial charge in [0, 0.05) is 23.8 Å². The van der Waals surface area contributed by atoms with Crippen molar-refractivity contribution in [2.24, 2.45) is 11.3 Å². The highest BCUT2D eigenvalue weighted by atomic mass is 32.2. The summed E-state index contributed by atoms with van der Waals surface area (Å²) < 4.78 is 0. The molecule has 0 heterocycles. The Balaban J connectivity index is 4.11. The third-order valence-corrected chi connectivity index (χ3v) is 3.76. The molecule has 5 heteroatoms. The van der Waals surface area contributed by atoms with Crippen LogP contribution in [-0.2, 0) is 0 Å². The van der Waals surface area contributed by atoms with Crippen molar-refractivity contribution in [3.8, 4) is 0 Å². The van der Waals surface area contributed by atoms with Gasteiger partial charge in [0.05, 0.1) is 6.10 Å². The first-order chi connectivity index (χ1) is 8.20. The van der Waals surface area contributed by atoms with Crippen molar-refractivity contribution in [2.45, 2.75) is 46.8 Å². The molecule has 2 unspecified atom stereocenters. The van der Waals surface area contributed by atoms with Crippen molar-refractivity contribution in [1.29, 1.82) is 0 Å². The molecular formula is C13H28N2O2S. The number of urea groups is 1. The van der Waals surface area contributed by atoms with Crippen LogP contribution in [0.1, 0.15) is 34.6 Å². The molecule has 2 amide bonds. The molecule has 0 aliphatic heterocycles. The van der Waals surface area contributed by atoms with E-state index in [1.165, 1.54) is 0 Å². The van der Waals surface area contributed by atoms with E-state index in [1.807, 2.05) is 40.9 Å². The molecular weight excluding hydrogens is 248 g/mol. The predicted octanol–water partition coefficient (Wildman–Crippen LogP) is 2.08. The Labute approximate surface area is 115 Å². The van der Waals surface area contributed by atoms with E-state index in [4.69, 9.17) is 0 Å². The minimum Gasteiger partial charge on any atom is -0.392 e. The molecule has 0 aromatic carbocycles. The van der Waals surface area contributed by atoms with Crippen LogP contribution >= 0.6 is 11.8 Å². The van der Waals surface area contributed by atoms with Gasteiger partial charge in [-0.3, -0.25) is 0 Å². The number of aliphatic hydroxyl groups excluding tert-OH is 1. The first-order valence-corrected chi connectivity index (χ1v) is 7.81. The van der Waals surface area contributed by atoms with Gasteiger partial charge in [0.25, 0.3) is 0 Å². The maximum absolute atomic E-state index is 11.7. The zero-order chi connectivity index (χ0) is 14.3. The number of aliphatic hydroxyl groups is 1. The maximum Gasteiger partial charge on any atom is 0.315 e. The van der Waals surface area contributed by atoms with Gasteiger partial charge in [-0.15, -0.1) is 0 Å². The van der Waals surface area contributed by atoms with E-state index < -0.39 is 6.10 Å². The van der Waals surface area contributed by atoms with Crippen LogP contribution in [0.4, 0.5) is 4.79 Å². The molecule has 0 aliphatic rings. The van der Waals surface area contributed by atoms with Crippen molar-refractivity contribution in [1.82, 2.24) is 10.6 Å². The van der Waals surface area contributed by atoms with Gasteiger partial charge in [-0.1, -0.05) is 27.7 Å². The molecule has 0 aromatic heterocycles. The Hall–Kier alpha value is -0.420. The van der Waals surface area contributed by atoms with E-state index in [1.54, 1.807) is 11.8 Å². The van der Waals surface area contributed by atoms with Crippen LogP contribution < -0.4 is 10.6 Å². The van der Waals surface area contributed by atoms with Crippen LogP contribution in [0.25, 0.3) is 0 Å². The SMILES string of the molecule is CSCC(C)NC(=O)NCC(C)(C)C(O)C(C)C. The predicted molar refractivity (Wildman–Crippen MR) is 79.0 cm³/mol. The van der Waals surface area contributed by atoms with E-state index in [-0.39, 0.29) is 23.4 Å². The zero-order valence-corrected chi connectivity index (χ0v) is 13.2. The third-order valence-electron chi connectivity index (χ3n) is 2.93. The average Bonchev–Trinajstić information content (AvgIpc) is 2.25. The van der Waals surface area contributed by atoms with Crippen molar-refractivity contribution < 1.29 is 9.90 Å². The second-order valence-corrected chi connectivity index (χ2v) is 6.77. The van der Waals surface area contributed by atoms with E-state index >= 15 is 0 Å². The summed E-state index contributed by atoms with van der Waals surface area (Å²) in [5, 5.41) is 15.8. The average molecular weight is 276 g/mol. The van der Waals surface area contributed by atoms with Gasteiger partial charge in [0.1, 0.15) is 0 Å². The lowest BCUT2D eigenvalue weighted by atomic mass is 9.81. The van der Waals surface area contributed by atoms with Gasteiger partial charge in [0.2, 0.25) is 0 Å². The summed E-state index contributed by atoms with van der Waals surface area (Å²) in [5.41, 5.74) is -0.325.